The Hall–Kier alpha value is -1.17. The van der Waals surface area contributed by atoms with Crippen LogP contribution >= 0.6 is 35.6 Å². The fraction of sp³-hybridized carbons (Fsp3) is 0.154. The van der Waals surface area contributed by atoms with E-state index in [1.807, 2.05) is 6.07 Å². The standard InChI is InChI=1S/C13H8ClNO2S2/c1-15-12(17)11(19-13(15)18)10-6-3-2-4-8(14)7(6)5-9(10)16/h2-4H,5H2,1H3/b11-10-. The van der Waals surface area contributed by atoms with E-state index in [9.17, 15) is 9.59 Å². The third kappa shape index (κ3) is 1.84. The molecule has 3 nitrogen and oxygen atoms in total. The van der Waals surface area contributed by atoms with Crippen LogP contribution in [0.2, 0.25) is 5.02 Å². The van der Waals surface area contributed by atoms with Crippen molar-refractivity contribution in [3.8, 4) is 0 Å². The zero-order valence-corrected chi connectivity index (χ0v) is 12.3. The van der Waals surface area contributed by atoms with Gasteiger partial charge in [0.2, 0.25) is 0 Å². The van der Waals surface area contributed by atoms with E-state index in [4.69, 9.17) is 23.8 Å². The van der Waals surface area contributed by atoms with Crippen molar-refractivity contribution in [2.45, 2.75) is 6.42 Å². The Balaban J connectivity index is 2.23. The Bertz CT molecular complexity index is 681. The molecular formula is C13H8ClNO2S2. The number of nitrogens with zero attached hydrogens (tertiary/aromatic N) is 1. The molecule has 0 atom stereocenters. The predicted octanol–water partition coefficient (Wildman–Crippen LogP) is 2.67. The van der Waals surface area contributed by atoms with Crippen LogP contribution in [0.1, 0.15) is 11.1 Å². The fourth-order valence-corrected chi connectivity index (χ4v) is 3.73. The minimum Gasteiger partial charge on any atom is -0.296 e. The van der Waals surface area contributed by atoms with Gasteiger partial charge < -0.3 is 0 Å². The molecule has 1 aliphatic heterocycles. The maximum atomic E-state index is 12.2. The molecule has 0 bridgehead atoms. The first-order valence-corrected chi connectivity index (χ1v) is 7.16. The van der Waals surface area contributed by atoms with E-state index in [1.165, 1.54) is 16.7 Å². The van der Waals surface area contributed by atoms with Gasteiger partial charge in [0.05, 0.1) is 4.91 Å². The van der Waals surface area contributed by atoms with Gasteiger partial charge >= 0.3 is 0 Å². The molecule has 0 unspecified atom stereocenters. The first kappa shape index (κ1) is 12.8. The Morgan fingerprint density at radius 1 is 1.37 bits per heavy atom. The molecular weight excluding hydrogens is 302 g/mol. The summed E-state index contributed by atoms with van der Waals surface area (Å²) in [5.74, 6) is -0.289. The van der Waals surface area contributed by atoms with Gasteiger partial charge in [-0.2, -0.15) is 0 Å². The number of thiocarbonyl (C=S) groups is 1. The normalized spacial score (nSPS) is 22.4. The van der Waals surface area contributed by atoms with Crippen molar-refractivity contribution in [3.05, 3.63) is 39.3 Å². The fourth-order valence-electron chi connectivity index (χ4n) is 2.21. The topological polar surface area (TPSA) is 37.4 Å². The first-order valence-electron chi connectivity index (χ1n) is 5.56. The smallest absolute Gasteiger partial charge is 0.266 e. The zero-order chi connectivity index (χ0) is 13.7. The number of benzene rings is 1. The summed E-state index contributed by atoms with van der Waals surface area (Å²) in [6.45, 7) is 0. The van der Waals surface area contributed by atoms with Gasteiger partial charge in [-0.1, -0.05) is 47.7 Å². The van der Waals surface area contributed by atoms with Gasteiger partial charge in [-0.25, -0.2) is 0 Å². The van der Waals surface area contributed by atoms with Crippen LogP contribution in [-0.2, 0) is 16.0 Å². The van der Waals surface area contributed by atoms with Crippen LogP contribution in [0.4, 0.5) is 0 Å². The van der Waals surface area contributed by atoms with Crippen molar-refractivity contribution in [1.29, 1.82) is 0 Å². The highest BCUT2D eigenvalue weighted by molar-refractivity contribution is 8.26. The number of fused-ring (bicyclic) bond motifs is 1. The summed E-state index contributed by atoms with van der Waals surface area (Å²) < 4.78 is 0.468. The highest BCUT2D eigenvalue weighted by Crippen LogP contribution is 2.42. The molecule has 6 heteroatoms. The van der Waals surface area contributed by atoms with Crippen molar-refractivity contribution in [2.75, 3.05) is 7.05 Å². The van der Waals surface area contributed by atoms with Gasteiger partial charge in [0.15, 0.2) is 5.78 Å². The minimum absolute atomic E-state index is 0.0722. The largest absolute Gasteiger partial charge is 0.296 e. The van der Waals surface area contributed by atoms with Crippen LogP contribution in [0.25, 0.3) is 5.57 Å². The summed E-state index contributed by atoms with van der Waals surface area (Å²) in [5.41, 5.74) is 2.01. The van der Waals surface area contributed by atoms with E-state index in [-0.39, 0.29) is 18.1 Å². The molecule has 0 saturated carbocycles. The average Bonchev–Trinajstić information content (AvgIpc) is 2.83. The van der Waals surface area contributed by atoms with Crippen LogP contribution in [-0.4, -0.2) is 28.0 Å². The second kappa shape index (κ2) is 4.44. The Morgan fingerprint density at radius 3 is 2.74 bits per heavy atom. The van der Waals surface area contributed by atoms with Crippen LogP contribution in [0.3, 0.4) is 0 Å². The van der Waals surface area contributed by atoms with E-state index in [1.54, 1.807) is 19.2 Å². The molecule has 1 amide bonds. The van der Waals surface area contributed by atoms with Crippen LogP contribution in [0.15, 0.2) is 23.1 Å². The predicted molar refractivity (Wildman–Crippen MR) is 80.0 cm³/mol. The van der Waals surface area contributed by atoms with Gasteiger partial charge in [0.25, 0.3) is 5.91 Å². The molecule has 0 spiro atoms. The summed E-state index contributed by atoms with van der Waals surface area (Å²) >= 11 is 12.4. The monoisotopic (exact) mass is 309 g/mol. The number of halogens is 1. The number of thioether (sulfide) groups is 1. The van der Waals surface area contributed by atoms with E-state index in [0.29, 0.717) is 19.8 Å². The van der Waals surface area contributed by atoms with Crippen molar-refractivity contribution in [2.24, 2.45) is 0 Å². The zero-order valence-electron chi connectivity index (χ0n) is 9.90. The number of carbonyl (C=O) groups is 2. The lowest BCUT2D eigenvalue weighted by atomic mass is 10.1. The van der Waals surface area contributed by atoms with Gasteiger partial charge in [0.1, 0.15) is 4.32 Å². The lowest BCUT2D eigenvalue weighted by Crippen LogP contribution is -2.22. The number of amides is 1. The molecule has 3 rings (SSSR count). The minimum atomic E-state index is -0.217. The number of carbonyl (C=O) groups excluding carboxylic acids is 2. The van der Waals surface area contributed by atoms with Crippen molar-refractivity contribution >= 4 is 57.2 Å². The van der Waals surface area contributed by atoms with Crippen molar-refractivity contribution < 1.29 is 9.59 Å². The number of hydrogen-bond acceptors (Lipinski definition) is 4. The van der Waals surface area contributed by atoms with Crippen LogP contribution in [0.5, 0.6) is 0 Å². The number of likely N-dealkylation sites (N-methyl/N-ethyl adjacent to an activating group) is 1. The molecule has 2 aliphatic rings. The molecule has 96 valence electrons. The van der Waals surface area contributed by atoms with Crippen molar-refractivity contribution in [1.82, 2.24) is 4.90 Å². The maximum Gasteiger partial charge on any atom is 0.266 e. The quantitative estimate of drug-likeness (QED) is 0.545. The van der Waals surface area contributed by atoms with E-state index in [0.717, 1.165) is 11.1 Å². The molecule has 1 saturated heterocycles. The van der Waals surface area contributed by atoms with Gasteiger partial charge in [-0.15, -0.1) is 0 Å². The van der Waals surface area contributed by atoms with E-state index in [2.05, 4.69) is 0 Å². The maximum absolute atomic E-state index is 12.2. The SMILES string of the molecule is CN1C(=O)/C(=C2/C(=O)Cc3c(Cl)cccc32)SC1=S. The Kier molecular flexibility index (Phi) is 3.00. The van der Waals surface area contributed by atoms with Crippen LogP contribution in [0, 0.1) is 0 Å². The molecule has 1 aromatic rings. The number of ketones is 1. The summed E-state index contributed by atoms with van der Waals surface area (Å²) in [4.78, 5) is 26.1. The number of Topliss-reactive ketones (excluding diaryl/α,β-unsaturated/α-hetero) is 1. The van der Waals surface area contributed by atoms with E-state index >= 15 is 0 Å². The lowest BCUT2D eigenvalue weighted by Gasteiger charge is -2.05. The molecule has 0 radical (unpaired) electrons. The Morgan fingerprint density at radius 2 is 2.11 bits per heavy atom. The summed E-state index contributed by atoms with van der Waals surface area (Å²) in [6.07, 6.45) is 0.248. The molecule has 19 heavy (non-hydrogen) atoms. The molecule has 1 aliphatic carbocycles. The highest BCUT2D eigenvalue weighted by atomic mass is 35.5. The second-order valence-corrected chi connectivity index (χ2v) is 6.35. The molecule has 0 N–H and O–H groups in total. The highest BCUT2D eigenvalue weighted by Gasteiger charge is 2.37. The third-order valence-electron chi connectivity index (χ3n) is 3.19. The first-order chi connectivity index (χ1) is 9.00. The summed E-state index contributed by atoms with van der Waals surface area (Å²) in [5, 5.41) is 0.563. The van der Waals surface area contributed by atoms with Gasteiger partial charge in [0, 0.05) is 24.1 Å². The van der Waals surface area contributed by atoms with E-state index < -0.39 is 0 Å². The second-order valence-electron chi connectivity index (χ2n) is 4.30. The number of hydrogen-bond donors (Lipinski definition) is 0. The number of allylic oxidation sites excluding steroid dienone is 1. The van der Waals surface area contributed by atoms with Gasteiger partial charge in [-0.3, -0.25) is 14.5 Å². The van der Waals surface area contributed by atoms with Gasteiger partial charge in [-0.05, 0) is 17.2 Å². The number of rotatable bonds is 0. The molecule has 1 fully saturated rings. The van der Waals surface area contributed by atoms with Crippen LogP contribution < -0.4 is 0 Å². The van der Waals surface area contributed by atoms with Crippen molar-refractivity contribution in [3.63, 3.8) is 0 Å². The Labute approximate surface area is 124 Å². The molecule has 0 aromatic heterocycles. The third-order valence-corrected chi connectivity index (χ3v) is 5.10. The average molecular weight is 310 g/mol. The summed E-state index contributed by atoms with van der Waals surface area (Å²) in [6, 6.07) is 5.36. The lowest BCUT2D eigenvalue weighted by molar-refractivity contribution is -0.121. The summed E-state index contributed by atoms with van der Waals surface area (Å²) in [7, 11) is 1.61. The molecule has 1 heterocycles. The molecule has 1 aromatic carbocycles.